The summed E-state index contributed by atoms with van der Waals surface area (Å²) in [4.78, 5) is 8.27. The molecule has 0 aliphatic heterocycles. The molecule has 136 valence electrons. The van der Waals surface area contributed by atoms with E-state index in [9.17, 15) is 13.2 Å². The Kier molecular flexibility index (Phi) is 5.19. The third-order valence-electron chi connectivity index (χ3n) is 2.86. The van der Waals surface area contributed by atoms with Crippen LogP contribution < -0.4 is 15.8 Å². The smallest absolute Gasteiger partial charge is 0.406 e. The Balaban J connectivity index is 1.94. The maximum atomic E-state index is 12.1. The molecule has 0 saturated heterocycles. The molecule has 10 heteroatoms. The second-order valence-corrected chi connectivity index (χ2v) is 6.16. The van der Waals surface area contributed by atoms with Crippen LogP contribution in [0, 0.1) is 0 Å². The number of benzene rings is 1. The van der Waals surface area contributed by atoms with Gasteiger partial charge in [-0.1, -0.05) is 25.9 Å². The number of nitrogens with zero attached hydrogens (tertiary/aromatic N) is 3. The van der Waals surface area contributed by atoms with Crippen molar-refractivity contribution in [1.82, 2.24) is 10.1 Å². The van der Waals surface area contributed by atoms with Crippen LogP contribution >= 0.6 is 0 Å². The molecular formula is C15H18F3N5O2. The van der Waals surface area contributed by atoms with Gasteiger partial charge >= 0.3 is 6.36 Å². The van der Waals surface area contributed by atoms with Gasteiger partial charge in [-0.25, -0.2) is 4.99 Å². The number of anilines is 1. The van der Waals surface area contributed by atoms with Gasteiger partial charge in [0.1, 0.15) is 12.3 Å². The molecule has 1 aromatic carbocycles. The second-order valence-electron chi connectivity index (χ2n) is 6.16. The van der Waals surface area contributed by atoms with Crippen molar-refractivity contribution < 1.29 is 22.4 Å². The van der Waals surface area contributed by atoms with E-state index in [1.807, 2.05) is 20.8 Å². The van der Waals surface area contributed by atoms with Crippen molar-refractivity contribution in [3.8, 4) is 5.75 Å². The number of aromatic nitrogens is 2. The molecule has 0 aliphatic rings. The minimum atomic E-state index is -4.73. The zero-order valence-electron chi connectivity index (χ0n) is 13.9. The first-order valence-corrected chi connectivity index (χ1v) is 7.29. The second kappa shape index (κ2) is 6.99. The van der Waals surface area contributed by atoms with Crippen LogP contribution in [0.15, 0.2) is 33.8 Å². The van der Waals surface area contributed by atoms with E-state index in [0.717, 1.165) is 12.1 Å². The van der Waals surface area contributed by atoms with E-state index in [0.29, 0.717) is 17.4 Å². The predicted octanol–water partition coefficient (Wildman–Crippen LogP) is 3.19. The highest BCUT2D eigenvalue weighted by atomic mass is 19.4. The van der Waals surface area contributed by atoms with E-state index in [4.69, 9.17) is 10.3 Å². The number of hydrogen-bond donors (Lipinski definition) is 2. The lowest BCUT2D eigenvalue weighted by Crippen LogP contribution is -2.22. The number of alkyl halides is 3. The highest BCUT2D eigenvalue weighted by Gasteiger charge is 2.30. The van der Waals surface area contributed by atoms with Crippen LogP contribution in [0.1, 0.15) is 32.5 Å². The lowest BCUT2D eigenvalue weighted by atomic mass is 9.97. The van der Waals surface area contributed by atoms with Crippen LogP contribution in [-0.4, -0.2) is 22.5 Å². The molecule has 0 aliphatic carbocycles. The first-order valence-electron chi connectivity index (χ1n) is 7.29. The summed E-state index contributed by atoms with van der Waals surface area (Å²) in [5, 5.41) is 6.55. The van der Waals surface area contributed by atoms with Crippen LogP contribution in [0.3, 0.4) is 0 Å². The van der Waals surface area contributed by atoms with Gasteiger partial charge in [0, 0.05) is 11.1 Å². The maximum Gasteiger partial charge on any atom is 0.573 e. The van der Waals surface area contributed by atoms with Gasteiger partial charge < -0.3 is 20.3 Å². The van der Waals surface area contributed by atoms with Gasteiger partial charge in [-0.3, -0.25) is 0 Å². The molecular weight excluding hydrogens is 339 g/mol. The maximum absolute atomic E-state index is 12.1. The largest absolute Gasteiger partial charge is 0.573 e. The lowest BCUT2D eigenvalue weighted by molar-refractivity contribution is -0.274. The zero-order valence-corrected chi connectivity index (χ0v) is 13.9. The molecule has 25 heavy (non-hydrogen) atoms. The van der Waals surface area contributed by atoms with Crippen molar-refractivity contribution in [2.45, 2.75) is 39.1 Å². The summed E-state index contributed by atoms with van der Waals surface area (Å²) in [5.74, 6) is 0.606. The molecule has 0 spiro atoms. The topological polar surface area (TPSA) is 98.6 Å². The van der Waals surface area contributed by atoms with E-state index in [2.05, 4.69) is 25.2 Å². The quantitative estimate of drug-likeness (QED) is 0.644. The molecule has 0 saturated carbocycles. The molecule has 0 unspecified atom stereocenters. The number of rotatable bonds is 4. The van der Waals surface area contributed by atoms with E-state index in [1.54, 1.807) is 0 Å². The number of hydrogen-bond acceptors (Lipinski definition) is 5. The Bertz CT molecular complexity index is 733. The van der Waals surface area contributed by atoms with Gasteiger partial charge in [-0.2, -0.15) is 4.98 Å². The fourth-order valence-corrected chi connectivity index (χ4v) is 1.71. The molecule has 0 radical (unpaired) electrons. The lowest BCUT2D eigenvalue weighted by Gasteiger charge is -2.10. The number of ether oxygens (including phenoxy) is 1. The van der Waals surface area contributed by atoms with Crippen LogP contribution in [0.5, 0.6) is 5.75 Å². The minimum absolute atomic E-state index is 0.0617. The van der Waals surface area contributed by atoms with Gasteiger partial charge in [0.25, 0.3) is 0 Å². The molecule has 2 aromatic rings. The van der Waals surface area contributed by atoms with Gasteiger partial charge in [-0.05, 0) is 24.3 Å². The van der Waals surface area contributed by atoms with Gasteiger partial charge in [-0.15, -0.1) is 13.2 Å². The van der Waals surface area contributed by atoms with Crippen molar-refractivity contribution in [3.05, 3.63) is 36.0 Å². The fraction of sp³-hybridized carbons (Fsp3) is 0.400. The third-order valence-corrected chi connectivity index (χ3v) is 2.86. The highest BCUT2D eigenvalue weighted by Crippen LogP contribution is 2.24. The van der Waals surface area contributed by atoms with Crippen LogP contribution in [0.2, 0.25) is 0 Å². The molecule has 3 N–H and O–H groups in total. The summed E-state index contributed by atoms with van der Waals surface area (Å²) in [6.07, 6.45) is -4.73. The van der Waals surface area contributed by atoms with Crippen molar-refractivity contribution in [2.24, 2.45) is 10.7 Å². The number of aliphatic imine (C=N–C) groups is 1. The molecule has 7 nitrogen and oxygen atoms in total. The minimum Gasteiger partial charge on any atom is -0.406 e. The van der Waals surface area contributed by atoms with Gasteiger partial charge in [0.05, 0.1) is 0 Å². The van der Waals surface area contributed by atoms with Crippen molar-refractivity contribution in [2.75, 3.05) is 5.32 Å². The Morgan fingerprint density at radius 3 is 2.40 bits per heavy atom. The molecule has 1 aromatic heterocycles. The zero-order chi connectivity index (χ0) is 18.7. The van der Waals surface area contributed by atoms with Crippen molar-refractivity contribution in [1.29, 1.82) is 0 Å². The Morgan fingerprint density at radius 1 is 1.24 bits per heavy atom. The van der Waals surface area contributed by atoms with Crippen LogP contribution in [-0.2, 0) is 12.0 Å². The van der Waals surface area contributed by atoms with E-state index < -0.39 is 6.36 Å². The molecule has 0 amide bonds. The molecule has 0 bridgehead atoms. The summed E-state index contributed by atoms with van der Waals surface area (Å²) in [7, 11) is 0. The van der Waals surface area contributed by atoms with Crippen molar-refractivity contribution >= 4 is 11.6 Å². The number of guanidine groups is 1. The first kappa shape index (κ1) is 18.6. The Labute approximate surface area is 142 Å². The third kappa shape index (κ3) is 5.98. The monoisotopic (exact) mass is 357 g/mol. The van der Waals surface area contributed by atoms with Gasteiger partial charge in [0.2, 0.25) is 5.89 Å². The summed E-state index contributed by atoms with van der Waals surface area (Å²) >= 11 is 0. The summed E-state index contributed by atoms with van der Waals surface area (Å²) in [5.41, 5.74) is 5.92. The van der Waals surface area contributed by atoms with Crippen LogP contribution in [0.25, 0.3) is 0 Å². The van der Waals surface area contributed by atoms with Gasteiger partial charge in [0.15, 0.2) is 11.8 Å². The van der Waals surface area contributed by atoms with E-state index in [1.165, 1.54) is 12.1 Å². The van der Waals surface area contributed by atoms with E-state index in [-0.39, 0.29) is 23.7 Å². The fourth-order valence-electron chi connectivity index (χ4n) is 1.71. The average molecular weight is 357 g/mol. The predicted molar refractivity (Wildman–Crippen MR) is 85.1 cm³/mol. The SMILES string of the molecule is CC(C)(C)c1nc(CN=C(N)Nc2ccc(OC(F)(F)F)cc2)no1. The number of nitrogens with one attached hydrogen (secondary N) is 1. The number of nitrogens with two attached hydrogens (primary N) is 1. The average Bonchev–Trinajstić information content (AvgIpc) is 2.95. The molecule has 0 fully saturated rings. The summed E-state index contributed by atoms with van der Waals surface area (Å²) in [6.45, 7) is 5.93. The molecule has 2 rings (SSSR count). The first-order chi connectivity index (χ1) is 11.5. The van der Waals surface area contributed by atoms with E-state index >= 15 is 0 Å². The van der Waals surface area contributed by atoms with Crippen molar-refractivity contribution in [3.63, 3.8) is 0 Å². The molecule has 1 heterocycles. The normalized spacial score (nSPS) is 13.0. The van der Waals surface area contributed by atoms with Crippen LogP contribution in [0.4, 0.5) is 18.9 Å². The molecule has 0 atom stereocenters. The highest BCUT2D eigenvalue weighted by molar-refractivity contribution is 5.92. The summed E-state index contributed by atoms with van der Waals surface area (Å²) in [6, 6.07) is 5.10. The summed E-state index contributed by atoms with van der Waals surface area (Å²) < 4.78 is 45.2. The Hall–Kier alpha value is -2.78. The standard InChI is InChI=1S/C15H18F3N5O2/c1-14(2,3)12-22-11(23-25-12)8-20-13(19)21-9-4-6-10(7-5-9)24-15(16,17)18/h4-7H,8H2,1-3H3,(H3,19,20,21). The Morgan fingerprint density at radius 2 is 1.88 bits per heavy atom. The number of halogens is 3.